The summed E-state index contributed by atoms with van der Waals surface area (Å²) in [5.74, 6) is 1.14. The number of phosphoric acid groups is 2. The molecule has 0 aliphatic carbocycles. The van der Waals surface area contributed by atoms with Crippen molar-refractivity contribution in [3.63, 3.8) is 0 Å². The number of rotatable bonds is 83. The molecular formula is C86H168O17P2. The molecule has 0 saturated heterocycles. The van der Waals surface area contributed by atoms with Gasteiger partial charge in [-0.3, -0.25) is 37.3 Å². The zero-order valence-corrected chi connectivity index (χ0v) is 71.2. The molecule has 3 N–H and O–H groups in total. The van der Waals surface area contributed by atoms with Crippen molar-refractivity contribution in [1.82, 2.24) is 0 Å². The Hall–Kier alpha value is -1.94. The van der Waals surface area contributed by atoms with Crippen LogP contribution in [0.4, 0.5) is 0 Å². The highest BCUT2D eigenvalue weighted by molar-refractivity contribution is 7.47. The van der Waals surface area contributed by atoms with Gasteiger partial charge in [-0.2, -0.15) is 0 Å². The molecule has 0 aromatic rings. The summed E-state index contributed by atoms with van der Waals surface area (Å²) in [7, 11) is -9.93. The monoisotopic (exact) mass is 1540 g/mol. The molecule has 0 aromatic carbocycles. The van der Waals surface area contributed by atoms with Crippen LogP contribution in [0.2, 0.25) is 0 Å². The van der Waals surface area contributed by atoms with Gasteiger partial charge in [0.15, 0.2) is 12.2 Å². The van der Waals surface area contributed by atoms with Crippen LogP contribution in [0.25, 0.3) is 0 Å². The summed E-state index contributed by atoms with van der Waals surface area (Å²) in [5.41, 5.74) is 0. The largest absolute Gasteiger partial charge is 0.472 e. The minimum atomic E-state index is -4.97. The third-order valence-electron chi connectivity index (χ3n) is 21.2. The number of aliphatic hydroxyl groups is 1. The summed E-state index contributed by atoms with van der Waals surface area (Å²) in [6.45, 7) is 14.4. The first kappa shape index (κ1) is 103. The van der Waals surface area contributed by atoms with Crippen molar-refractivity contribution in [2.24, 2.45) is 23.7 Å². The van der Waals surface area contributed by atoms with E-state index in [0.29, 0.717) is 25.7 Å². The number of hydrogen-bond acceptors (Lipinski definition) is 15. The van der Waals surface area contributed by atoms with Gasteiger partial charge in [-0.15, -0.1) is 0 Å². The standard InChI is InChI=1S/C86H168O17P2/c1-9-77(6)63-55-47-39-31-25-21-16-14-12-13-15-17-23-27-34-44-52-60-68-85(90)102-81(72-96-83(88)66-58-50-42-33-26-22-19-18-20-24-30-38-46-54-62-76(4)5)74-100-104(92,93)98-70-80(87)71-99-105(94,95)101-75-82(73-97-84(89)67-59-51-43-37-36-41-49-57-65-79(8)11-3)103-86(91)69-61-53-45-35-29-28-32-40-48-56-64-78(7)10-2/h76-82,87H,9-75H2,1-8H3,(H,92,93)(H,94,95)/t77?,78?,79?,80-,81-,82-/m1/s1. The van der Waals surface area contributed by atoms with E-state index in [1.54, 1.807) is 0 Å². The lowest BCUT2D eigenvalue weighted by atomic mass is 9.99. The summed E-state index contributed by atoms with van der Waals surface area (Å²) >= 11 is 0. The quantitative estimate of drug-likeness (QED) is 0.0222. The van der Waals surface area contributed by atoms with Gasteiger partial charge in [-0.1, -0.05) is 396 Å². The SMILES string of the molecule is CCC(C)CCCCCCCCCCCCCCCCCCCCC(=O)O[C@H](COC(=O)CCCCCCCCCCCCCCCCC(C)C)COP(=O)(O)OC[C@@H](O)COP(=O)(O)OC[C@@H](COC(=O)CCCCCCCCCCC(C)CC)OC(=O)CCCCCCCCCCCCC(C)CC. The number of unbranched alkanes of at least 4 members (excludes halogenated alkanes) is 46. The molecule has 0 bridgehead atoms. The molecule has 8 atom stereocenters. The first-order valence-electron chi connectivity index (χ1n) is 44.3. The Morgan fingerprint density at radius 3 is 0.676 bits per heavy atom. The Morgan fingerprint density at radius 2 is 0.457 bits per heavy atom. The molecular weight excluding hydrogens is 1370 g/mol. The second kappa shape index (κ2) is 74.8. The fourth-order valence-electron chi connectivity index (χ4n) is 13.2. The van der Waals surface area contributed by atoms with Gasteiger partial charge in [0, 0.05) is 25.7 Å². The maximum Gasteiger partial charge on any atom is 0.472 e. The molecule has 0 radical (unpaired) electrons. The van der Waals surface area contributed by atoms with Crippen molar-refractivity contribution in [2.75, 3.05) is 39.6 Å². The minimum Gasteiger partial charge on any atom is -0.462 e. The van der Waals surface area contributed by atoms with Crippen LogP contribution in [-0.2, 0) is 65.4 Å². The Bertz CT molecular complexity index is 2050. The Kier molecular flexibility index (Phi) is 73.4. The second-order valence-corrected chi connectivity index (χ2v) is 35.0. The van der Waals surface area contributed by atoms with Crippen molar-refractivity contribution in [3.8, 4) is 0 Å². The van der Waals surface area contributed by atoms with Gasteiger partial charge < -0.3 is 33.8 Å². The fraction of sp³-hybridized carbons (Fsp3) is 0.953. The molecule has 0 spiro atoms. The van der Waals surface area contributed by atoms with Gasteiger partial charge in [0.2, 0.25) is 0 Å². The van der Waals surface area contributed by atoms with Crippen molar-refractivity contribution < 1.29 is 80.2 Å². The molecule has 5 unspecified atom stereocenters. The number of carbonyl (C=O) groups excluding carboxylic acids is 4. The van der Waals surface area contributed by atoms with E-state index in [0.717, 1.165) is 114 Å². The van der Waals surface area contributed by atoms with Gasteiger partial charge in [0.05, 0.1) is 26.4 Å². The zero-order chi connectivity index (χ0) is 77.4. The Balaban J connectivity index is 5.25. The molecule has 0 aromatic heterocycles. The van der Waals surface area contributed by atoms with Crippen LogP contribution in [0.1, 0.15) is 447 Å². The van der Waals surface area contributed by atoms with Gasteiger partial charge >= 0.3 is 39.5 Å². The minimum absolute atomic E-state index is 0.106. The van der Waals surface area contributed by atoms with Gasteiger partial charge in [0.25, 0.3) is 0 Å². The van der Waals surface area contributed by atoms with Crippen LogP contribution in [0.3, 0.4) is 0 Å². The molecule has 17 nitrogen and oxygen atoms in total. The predicted molar refractivity (Wildman–Crippen MR) is 432 cm³/mol. The van der Waals surface area contributed by atoms with Crippen molar-refractivity contribution in [3.05, 3.63) is 0 Å². The van der Waals surface area contributed by atoms with Gasteiger partial charge in [-0.25, -0.2) is 9.13 Å². The van der Waals surface area contributed by atoms with E-state index >= 15 is 0 Å². The highest BCUT2D eigenvalue weighted by Crippen LogP contribution is 2.45. The average molecular weight is 1540 g/mol. The number of hydrogen-bond donors (Lipinski definition) is 3. The average Bonchev–Trinajstić information content (AvgIpc) is 0.908. The number of carbonyl (C=O) groups is 4. The van der Waals surface area contributed by atoms with Crippen LogP contribution in [0.15, 0.2) is 0 Å². The summed E-state index contributed by atoms with van der Waals surface area (Å²) < 4.78 is 68.9. The molecule has 0 saturated carbocycles. The van der Waals surface area contributed by atoms with Crippen LogP contribution in [-0.4, -0.2) is 96.7 Å². The van der Waals surface area contributed by atoms with Crippen LogP contribution in [0.5, 0.6) is 0 Å². The number of esters is 4. The first-order valence-corrected chi connectivity index (χ1v) is 47.3. The van der Waals surface area contributed by atoms with Gasteiger partial charge in [0.1, 0.15) is 19.3 Å². The lowest BCUT2D eigenvalue weighted by Crippen LogP contribution is -2.30. The summed E-state index contributed by atoms with van der Waals surface area (Å²) in [4.78, 5) is 73.2. The van der Waals surface area contributed by atoms with Crippen LogP contribution < -0.4 is 0 Å². The Labute approximate surface area is 645 Å². The lowest BCUT2D eigenvalue weighted by Gasteiger charge is -2.21. The third kappa shape index (κ3) is 75.9. The molecule has 0 amide bonds. The smallest absolute Gasteiger partial charge is 0.462 e. The van der Waals surface area contributed by atoms with E-state index in [9.17, 15) is 43.2 Å². The molecule has 0 aliphatic rings. The van der Waals surface area contributed by atoms with E-state index in [1.165, 1.54) is 250 Å². The van der Waals surface area contributed by atoms with E-state index in [2.05, 4.69) is 55.4 Å². The highest BCUT2D eigenvalue weighted by atomic mass is 31.2. The number of aliphatic hydroxyl groups excluding tert-OH is 1. The normalized spacial score (nSPS) is 14.7. The van der Waals surface area contributed by atoms with Crippen LogP contribution >= 0.6 is 15.6 Å². The molecule has 0 aliphatic heterocycles. The zero-order valence-electron chi connectivity index (χ0n) is 69.4. The Morgan fingerprint density at radius 1 is 0.267 bits per heavy atom. The molecule has 19 heteroatoms. The molecule has 624 valence electrons. The van der Waals surface area contributed by atoms with E-state index in [1.807, 2.05) is 0 Å². The molecule has 0 fully saturated rings. The third-order valence-corrected chi connectivity index (χ3v) is 23.1. The molecule has 0 heterocycles. The van der Waals surface area contributed by atoms with Crippen LogP contribution in [0, 0.1) is 23.7 Å². The van der Waals surface area contributed by atoms with Crippen molar-refractivity contribution in [1.29, 1.82) is 0 Å². The lowest BCUT2D eigenvalue weighted by molar-refractivity contribution is -0.161. The molecule has 0 rings (SSSR count). The van der Waals surface area contributed by atoms with Gasteiger partial charge in [-0.05, 0) is 49.4 Å². The summed E-state index contributed by atoms with van der Waals surface area (Å²) in [6, 6.07) is 0. The topological polar surface area (TPSA) is 237 Å². The van der Waals surface area contributed by atoms with E-state index in [4.69, 9.17) is 37.0 Å². The van der Waals surface area contributed by atoms with Crippen molar-refractivity contribution >= 4 is 39.5 Å². The molecule has 105 heavy (non-hydrogen) atoms. The van der Waals surface area contributed by atoms with E-state index in [-0.39, 0.29) is 25.7 Å². The maximum atomic E-state index is 13.2. The highest BCUT2D eigenvalue weighted by Gasteiger charge is 2.31. The summed E-state index contributed by atoms with van der Waals surface area (Å²) in [5, 5.41) is 10.7. The fourth-order valence-corrected chi connectivity index (χ4v) is 14.8. The van der Waals surface area contributed by atoms with Crippen molar-refractivity contribution in [2.45, 2.75) is 465 Å². The summed E-state index contributed by atoms with van der Waals surface area (Å²) in [6.07, 6.45) is 63.7. The number of phosphoric ester groups is 2. The predicted octanol–water partition coefficient (Wildman–Crippen LogP) is 25.9. The van der Waals surface area contributed by atoms with E-state index < -0.39 is 97.5 Å². The first-order chi connectivity index (χ1) is 50.7. The second-order valence-electron chi connectivity index (χ2n) is 32.1. The number of ether oxygens (including phenoxy) is 4. The maximum absolute atomic E-state index is 13.2.